The molecule has 0 fully saturated rings. The van der Waals surface area contributed by atoms with Crippen molar-refractivity contribution < 1.29 is 14.3 Å². The minimum Gasteiger partial charge on any atom is -0.475 e. The molecule has 4 nitrogen and oxygen atoms in total. The molecule has 100 valence electrons. The molecular weight excluding hydrogens is 242 g/mol. The molecule has 1 aromatic carbocycles. The second kappa shape index (κ2) is 5.18. The molecule has 1 heterocycles. The number of anilines is 1. The Morgan fingerprint density at radius 3 is 2.58 bits per heavy atom. The first-order chi connectivity index (χ1) is 8.99. The van der Waals surface area contributed by atoms with Gasteiger partial charge in [-0.25, -0.2) is 4.79 Å². The number of hydrogen-bond acceptors (Lipinski definition) is 3. The quantitative estimate of drug-likeness (QED) is 0.881. The molecule has 0 atom stereocenters. The Morgan fingerprint density at radius 1 is 1.21 bits per heavy atom. The van der Waals surface area contributed by atoms with E-state index in [0.29, 0.717) is 12.1 Å². The molecular formula is C15H17NO3. The van der Waals surface area contributed by atoms with Gasteiger partial charge in [0.2, 0.25) is 5.76 Å². The molecule has 0 radical (unpaired) electrons. The largest absolute Gasteiger partial charge is 0.475 e. The van der Waals surface area contributed by atoms with Gasteiger partial charge in [-0.3, -0.25) is 0 Å². The Hall–Kier alpha value is -2.23. The fourth-order valence-corrected chi connectivity index (χ4v) is 2.00. The van der Waals surface area contributed by atoms with Gasteiger partial charge in [0.1, 0.15) is 0 Å². The molecule has 19 heavy (non-hydrogen) atoms. The molecule has 2 N–H and O–H groups in total. The van der Waals surface area contributed by atoms with Crippen molar-refractivity contribution in [2.75, 3.05) is 5.32 Å². The van der Waals surface area contributed by atoms with Gasteiger partial charge in [0, 0.05) is 17.8 Å². The van der Waals surface area contributed by atoms with Gasteiger partial charge in [0.05, 0.1) is 6.26 Å². The number of nitrogens with one attached hydrogen (secondary N) is 1. The van der Waals surface area contributed by atoms with E-state index in [1.807, 2.05) is 6.92 Å². The van der Waals surface area contributed by atoms with Crippen molar-refractivity contribution in [3.63, 3.8) is 0 Å². The Morgan fingerprint density at radius 2 is 1.89 bits per heavy atom. The molecule has 0 amide bonds. The van der Waals surface area contributed by atoms with Crippen molar-refractivity contribution in [2.45, 2.75) is 27.3 Å². The summed E-state index contributed by atoms with van der Waals surface area (Å²) in [7, 11) is 0. The van der Waals surface area contributed by atoms with Gasteiger partial charge in [0.25, 0.3) is 0 Å². The van der Waals surface area contributed by atoms with Crippen molar-refractivity contribution in [3.8, 4) is 0 Å². The van der Waals surface area contributed by atoms with E-state index in [0.717, 1.165) is 11.3 Å². The lowest BCUT2D eigenvalue weighted by molar-refractivity contribution is 0.0661. The van der Waals surface area contributed by atoms with Gasteiger partial charge in [-0.15, -0.1) is 0 Å². The van der Waals surface area contributed by atoms with Crippen LogP contribution in [0.25, 0.3) is 0 Å². The molecule has 0 aliphatic carbocycles. The van der Waals surface area contributed by atoms with Gasteiger partial charge in [-0.2, -0.15) is 0 Å². The van der Waals surface area contributed by atoms with Crippen LogP contribution in [0.1, 0.15) is 32.8 Å². The summed E-state index contributed by atoms with van der Waals surface area (Å²) in [6, 6.07) is 5.86. The van der Waals surface area contributed by atoms with Crippen LogP contribution < -0.4 is 5.32 Å². The van der Waals surface area contributed by atoms with E-state index >= 15 is 0 Å². The molecule has 2 rings (SSSR count). The van der Waals surface area contributed by atoms with Gasteiger partial charge >= 0.3 is 5.97 Å². The van der Waals surface area contributed by atoms with Crippen LogP contribution in [-0.4, -0.2) is 11.1 Å². The number of carboxylic acid groups (broad SMARTS) is 1. The first kappa shape index (κ1) is 13.2. The van der Waals surface area contributed by atoms with E-state index in [9.17, 15) is 4.79 Å². The van der Waals surface area contributed by atoms with Crippen LogP contribution in [0.2, 0.25) is 0 Å². The summed E-state index contributed by atoms with van der Waals surface area (Å²) in [5.41, 5.74) is 5.26. The monoisotopic (exact) mass is 259 g/mol. The molecule has 2 aromatic rings. The molecule has 4 heteroatoms. The Labute approximate surface area is 112 Å². The lowest BCUT2D eigenvalue weighted by Gasteiger charge is -2.12. The van der Waals surface area contributed by atoms with Gasteiger partial charge in [0.15, 0.2) is 0 Å². The van der Waals surface area contributed by atoms with E-state index in [2.05, 4.69) is 31.3 Å². The Balaban J connectivity index is 2.17. The number of aromatic carboxylic acids is 1. The third-order valence-electron chi connectivity index (χ3n) is 3.25. The van der Waals surface area contributed by atoms with Crippen LogP contribution in [0.4, 0.5) is 5.69 Å². The SMILES string of the molecule is Cc1cc(C)c(NCc2ccoc2C(=O)O)cc1C. The minimum atomic E-state index is -1.04. The fourth-order valence-electron chi connectivity index (χ4n) is 2.00. The van der Waals surface area contributed by atoms with E-state index in [1.165, 1.54) is 17.4 Å². The van der Waals surface area contributed by atoms with E-state index in [4.69, 9.17) is 9.52 Å². The predicted octanol–water partition coefficient (Wildman–Crippen LogP) is 3.52. The lowest BCUT2D eigenvalue weighted by atomic mass is 10.0. The minimum absolute atomic E-state index is 0.00557. The van der Waals surface area contributed by atoms with Crippen molar-refractivity contribution >= 4 is 11.7 Å². The Bertz CT molecular complexity index is 614. The van der Waals surface area contributed by atoms with Crippen LogP contribution in [0.5, 0.6) is 0 Å². The fraction of sp³-hybridized carbons (Fsp3) is 0.267. The molecule has 0 spiro atoms. The zero-order chi connectivity index (χ0) is 14.0. The first-order valence-corrected chi connectivity index (χ1v) is 6.10. The first-order valence-electron chi connectivity index (χ1n) is 6.10. The second-order valence-electron chi connectivity index (χ2n) is 4.69. The van der Waals surface area contributed by atoms with Crippen molar-refractivity contribution in [3.05, 3.63) is 52.5 Å². The van der Waals surface area contributed by atoms with Gasteiger partial charge in [-0.05, 0) is 49.6 Å². The molecule has 0 saturated carbocycles. The molecule has 0 unspecified atom stereocenters. The highest BCUT2D eigenvalue weighted by Gasteiger charge is 2.13. The van der Waals surface area contributed by atoms with E-state index in [-0.39, 0.29) is 5.76 Å². The summed E-state index contributed by atoms with van der Waals surface area (Å²) < 4.78 is 4.95. The number of furan rings is 1. The summed E-state index contributed by atoms with van der Waals surface area (Å²) in [5.74, 6) is -1.05. The lowest BCUT2D eigenvalue weighted by Crippen LogP contribution is -2.06. The zero-order valence-electron chi connectivity index (χ0n) is 11.3. The van der Waals surface area contributed by atoms with Crippen LogP contribution in [0.15, 0.2) is 28.9 Å². The smallest absolute Gasteiger partial charge is 0.372 e. The van der Waals surface area contributed by atoms with Crippen LogP contribution in [0, 0.1) is 20.8 Å². The third-order valence-corrected chi connectivity index (χ3v) is 3.25. The van der Waals surface area contributed by atoms with Crippen molar-refractivity contribution in [1.82, 2.24) is 0 Å². The van der Waals surface area contributed by atoms with Crippen molar-refractivity contribution in [1.29, 1.82) is 0 Å². The highest BCUT2D eigenvalue weighted by atomic mass is 16.4. The number of aryl methyl sites for hydroxylation is 3. The molecule has 1 aromatic heterocycles. The third kappa shape index (κ3) is 2.78. The molecule has 0 aliphatic heterocycles. The van der Waals surface area contributed by atoms with Crippen LogP contribution >= 0.6 is 0 Å². The second-order valence-corrected chi connectivity index (χ2v) is 4.69. The number of benzene rings is 1. The zero-order valence-corrected chi connectivity index (χ0v) is 11.3. The normalized spacial score (nSPS) is 10.5. The van der Waals surface area contributed by atoms with Gasteiger partial charge < -0.3 is 14.8 Å². The summed E-state index contributed by atoms with van der Waals surface area (Å²) >= 11 is 0. The maximum Gasteiger partial charge on any atom is 0.372 e. The molecule has 0 saturated heterocycles. The number of hydrogen-bond donors (Lipinski definition) is 2. The van der Waals surface area contributed by atoms with Crippen LogP contribution in [0.3, 0.4) is 0 Å². The number of rotatable bonds is 4. The standard InChI is InChI=1S/C15H17NO3/c1-9-6-11(3)13(7-10(9)2)16-8-12-4-5-19-14(12)15(17)18/h4-7,16H,8H2,1-3H3,(H,17,18). The summed E-state index contributed by atoms with van der Waals surface area (Å²) in [5, 5.41) is 12.2. The highest BCUT2D eigenvalue weighted by Crippen LogP contribution is 2.21. The van der Waals surface area contributed by atoms with Crippen molar-refractivity contribution in [2.24, 2.45) is 0 Å². The highest BCUT2D eigenvalue weighted by molar-refractivity contribution is 5.86. The Kier molecular flexibility index (Phi) is 3.60. The van der Waals surface area contributed by atoms with E-state index < -0.39 is 5.97 Å². The average Bonchev–Trinajstić information content (AvgIpc) is 2.80. The summed E-state index contributed by atoms with van der Waals surface area (Å²) in [6.07, 6.45) is 1.40. The maximum atomic E-state index is 10.9. The maximum absolute atomic E-state index is 10.9. The summed E-state index contributed by atoms with van der Waals surface area (Å²) in [6.45, 7) is 6.59. The molecule has 0 aliphatic rings. The summed E-state index contributed by atoms with van der Waals surface area (Å²) in [4.78, 5) is 10.9. The van der Waals surface area contributed by atoms with Crippen LogP contribution in [-0.2, 0) is 6.54 Å². The average molecular weight is 259 g/mol. The topological polar surface area (TPSA) is 62.5 Å². The molecule has 0 bridgehead atoms. The predicted molar refractivity (Wildman–Crippen MR) is 73.6 cm³/mol. The number of carbonyl (C=O) groups is 1. The van der Waals surface area contributed by atoms with E-state index in [1.54, 1.807) is 6.07 Å². The van der Waals surface area contributed by atoms with Gasteiger partial charge in [-0.1, -0.05) is 6.07 Å². The number of carboxylic acids is 1.